The Labute approximate surface area is 678 Å². The highest BCUT2D eigenvalue weighted by Crippen LogP contribution is 2.42. The van der Waals surface area contributed by atoms with Gasteiger partial charge in [-0.1, -0.05) is 205 Å². The molecule has 6 rings (SSSR count). The number of rotatable bonds is 32. The van der Waals surface area contributed by atoms with Gasteiger partial charge in [-0.05, 0) is 148 Å². The highest BCUT2D eigenvalue weighted by atomic mass is 16.5. The number of ketones is 8. The van der Waals surface area contributed by atoms with Crippen LogP contribution in [0.15, 0.2) is 146 Å². The van der Waals surface area contributed by atoms with Crippen LogP contribution >= 0.6 is 0 Å². The maximum Gasteiger partial charge on any atom is 0.202 e. The number of carbonyl (C=O) groups excluding carboxylic acids is 8. The molecule has 2 aliphatic rings. The van der Waals surface area contributed by atoms with E-state index in [0.29, 0.717) is 60.2 Å². The summed E-state index contributed by atoms with van der Waals surface area (Å²) in [7, 11) is 6.13. The van der Waals surface area contributed by atoms with E-state index in [1.807, 2.05) is 205 Å². The summed E-state index contributed by atoms with van der Waals surface area (Å²) in [5.41, 5.74) is 1.52. The molecule has 4 aromatic carbocycles. The monoisotopic (exact) mass is 1570 g/mol. The van der Waals surface area contributed by atoms with Gasteiger partial charge in [-0.3, -0.25) is 38.4 Å². The van der Waals surface area contributed by atoms with Gasteiger partial charge in [-0.25, -0.2) is 0 Å². The summed E-state index contributed by atoms with van der Waals surface area (Å²) >= 11 is 0. The lowest BCUT2D eigenvalue weighted by atomic mass is 9.80. The van der Waals surface area contributed by atoms with Crippen molar-refractivity contribution in [3.63, 3.8) is 0 Å². The SMILES string of the molecule is COc1cc(/C=C\CC(=O)C(=O)C/C=C\C(C)(C)C)ccc1O.COc1cc(/C=C\CC(=O)C(=O)C/C=C\C(C)(C)C)ccc1OC1CC(C)(C)N(O)C(C)(C)C1.COc1ccc(/C=C\CC(=O)C(=O)C/C=C\C(C)(C)C)cc1O.COc1ccc(/C=C\CC(=O)C(=O)C/C=C\C(C)(C)C)cc1OC1CC(C)(C)N(O)C(C)(C)C1. The summed E-state index contributed by atoms with van der Waals surface area (Å²) in [5.74, 6) is 0.121. The number of phenols is 2. The van der Waals surface area contributed by atoms with E-state index in [2.05, 4.69) is 0 Å². The second kappa shape index (κ2) is 44.3. The second-order valence-corrected chi connectivity index (χ2v) is 35.6. The summed E-state index contributed by atoms with van der Waals surface area (Å²) in [4.78, 5) is 95.3. The molecule has 2 saturated heterocycles. The Morgan fingerprint density at radius 3 is 0.842 bits per heavy atom. The number of hydrogen-bond donors (Lipinski definition) is 4. The molecule has 0 aromatic heterocycles. The van der Waals surface area contributed by atoms with Crippen LogP contribution in [0.4, 0.5) is 0 Å². The largest absolute Gasteiger partial charge is 0.504 e. The van der Waals surface area contributed by atoms with E-state index in [4.69, 9.17) is 28.4 Å². The highest BCUT2D eigenvalue weighted by Gasteiger charge is 2.47. The first-order valence-electron chi connectivity index (χ1n) is 38.8. The Bertz CT molecular complexity index is 4130. The summed E-state index contributed by atoms with van der Waals surface area (Å²) in [6, 6.07) is 21.0. The summed E-state index contributed by atoms with van der Waals surface area (Å²) in [6.07, 6.45) is 31.7. The molecule has 2 heterocycles. The number of allylic oxidation sites excluding steroid dienone is 12. The number of phenolic OH excluding ortho intramolecular Hbond substituents is 2. The summed E-state index contributed by atoms with van der Waals surface area (Å²) < 4.78 is 33.6. The minimum absolute atomic E-state index is 0.000398. The van der Waals surface area contributed by atoms with Crippen molar-refractivity contribution in [3.05, 3.63) is 168 Å². The number of nitrogens with zero attached hydrogens (tertiary/aromatic N) is 2. The Morgan fingerprint density at radius 1 is 0.325 bits per heavy atom. The minimum Gasteiger partial charge on any atom is -0.504 e. The standard InChI is InChI=1S/2C28H41NO5.2C19H24O4/c1-26(2,3)16-10-13-23(31)22(30)12-9-11-20-14-15-24(25(17-20)33-8)34-21-18-27(4,5)29(32)28(6,7)19-21;1-26(2,3)16-10-13-23(31)22(30)12-9-11-20-14-15-24(33-8)25(17-20)34-21-18-27(4,5)29(32)28(6,7)19-21;1-19(2,3)12-6-9-16(21)15(20)8-5-7-14-10-11-18(23-4)17(22)13-14;1-19(2,3)12-6-9-16(21)15(20)8-5-7-14-10-11-17(22)18(13-14)23-4/h2*9-11,14-17,21,32H,12-13,18-19H2,1-8H3;2*5-7,10-13,22H,8-9H2,1-4H3/b2*11-9-,16-10-;2*7-5-,12-6-. The number of carbonyl (C=O) groups is 8. The van der Waals surface area contributed by atoms with Crippen LogP contribution in [-0.4, -0.2) is 140 Å². The van der Waals surface area contributed by atoms with Crippen LogP contribution in [0.3, 0.4) is 0 Å². The molecule has 624 valence electrons. The Hall–Kier alpha value is -9.60. The van der Waals surface area contributed by atoms with Crippen molar-refractivity contribution in [3.8, 4) is 46.0 Å². The molecule has 0 spiro atoms. The Morgan fingerprint density at radius 2 is 0.561 bits per heavy atom. The van der Waals surface area contributed by atoms with E-state index >= 15 is 0 Å². The molecule has 20 heteroatoms. The van der Waals surface area contributed by atoms with Crippen LogP contribution in [-0.2, 0) is 38.4 Å². The molecule has 2 aliphatic heterocycles. The van der Waals surface area contributed by atoms with Crippen LogP contribution in [0.5, 0.6) is 46.0 Å². The second-order valence-electron chi connectivity index (χ2n) is 35.6. The van der Waals surface area contributed by atoms with Crippen molar-refractivity contribution in [1.82, 2.24) is 10.1 Å². The van der Waals surface area contributed by atoms with Crippen LogP contribution in [0.2, 0.25) is 0 Å². The first-order chi connectivity index (χ1) is 52.7. The van der Waals surface area contributed by atoms with E-state index in [0.717, 1.165) is 22.3 Å². The third kappa shape index (κ3) is 36.3. The molecule has 0 atom stereocenters. The number of hydroxylamine groups is 4. The van der Waals surface area contributed by atoms with E-state index in [9.17, 15) is 59.0 Å². The van der Waals surface area contributed by atoms with Gasteiger partial charge in [0.1, 0.15) is 12.2 Å². The van der Waals surface area contributed by atoms with Gasteiger partial charge >= 0.3 is 0 Å². The van der Waals surface area contributed by atoms with Crippen molar-refractivity contribution >= 4 is 70.6 Å². The molecule has 0 radical (unpaired) electrons. The van der Waals surface area contributed by atoms with Gasteiger partial charge in [0.05, 0.1) is 28.4 Å². The molecule has 0 saturated carbocycles. The van der Waals surface area contributed by atoms with E-state index in [-0.39, 0.29) is 108 Å². The molecular weight excluding hydrogens is 1450 g/mol. The fraction of sp³-hybridized carbons (Fsp3) is 0.489. The molecule has 0 unspecified atom stereocenters. The van der Waals surface area contributed by atoms with Gasteiger partial charge < -0.3 is 49.0 Å². The predicted molar refractivity (Wildman–Crippen MR) is 454 cm³/mol. The molecule has 4 aromatic rings. The number of aromatic hydroxyl groups is 2. The lowest BCUT2D eigenvalue weighted by molar-refractivity contribution is -0.255. The minimum atomic E-state index is -0.424. The molecule has 2 fully saturated rings. The molecule has 0 amide bonds. The molecule has 114 heavy (non-hydrogen) atoms. The van der Waals surface area contributed by atoms with Gasteiger partial charge in [0.25, 0.3) is 0 Å². The first-order valence-corrected chi connectivity index (χ1v) is 38.8. The zero-order valence-electron chi connectivity index (χ0n) is 72.2. The van der Waals surface area contributed by atoms with Crippen molar-refractivity contribution < 1.29 is 87.4 Å². The predicted octanol–water partition coefficient (Wildman–Crippen LogP) is 19.9. The molecule has 0 bridgehead atoms. The number of benzene rings is 4. The zero-order chi connectivity index (χ0) is 86.4. The molecule has 4 N–H and O–H groups in total. The number of methoxy groups -OCH3 is 4. The maximum atomic E-state index is 12.2. The van der Waals surface area contributed by atoms with Gasteiger partial charge in [-0.15, -0.1) is 0 Å². The van der Waals surface area contributed by atoms with Crippen LogP contribution in [0.25, 0.3) is 24.3 Å². The van der Waals surface area contributed by atoms with Crippen molar-refractivity contribution in [2.75, 3.05) is 28.4 Å². The van der Waals surface area contributed by atoms with Gasteiger partial charge in [0, 0.05) is 99.2 Å². The van der Waals surface area contributed by atoms with Crippen LogP contribution < -0.4 is 28.4 Å². The van der Waals surface area contributed by atoms with Crippen LogP contribution in [0.1, 0.15) is 238 Å². The Kier molecular flexibility index (Phi) is 38.3. The fourth-order valence-corrected chi connectivity index (χ4v) is 12.5. The van der Waals surface area contributed by atoms with Crippen LogP contribution in [0, 0.1) is 21.7 Å². The molecular formula is C94H130N2O18. The lowest BCUT2D eigenvalue weighted by Gasteiger charge is -2.51. The zero-order valence-corrected chi connectivity index (χ0v) is 72.2. The topological polar surface area (TPSA) is 279 Å². The van der Waals surface area contributed by atoms with Crippen molar-refractivity contribution in [2.45, 2.75) is 250 Å². The Balaban J connectivity index is 0.000000400. The lowest BCUT2D eigenvalue weighted by Crippen LogP contribution is -2.61. The third-order valence-electron chi connectivity index (χ3n) is 18.0. The number of ether oxygens (including phenoxy) is 6. The quantitative estimate of drug-likeness (QED) is 0.0261. The third-order valence-corrected chi connectivity index (χ3v) is 18.0. The molecule has 20 nitrogen and oxygen atoms in total. The van der Waals surface area contributed by atoms with Crippen molar-refractivity contribution in [1.29, 1.82) is 0 Å². The van der Waals surface area contributed by atoms with Gasteiger partial charge in [0.2, 0.25) is 46.3 Å². The number of Topliss-reactive ketones (excluding diaryl/α,β-unsaturated/α-hetero) is 8. The maximum absolute atomic E-state index is 12.2. The smallest absolute Gasteiger partial charge is 0.202 e. The summed E-state index contributed by atoms with van der Waals surface area (Å²) in [6.45, 7) is 40.5. The first kappa shape index (κ1) is 98.6. The van der Waals surface area contributed by atoms with Gasteiger partial charge in [0.15, 0.2) is 46.0 Å². The highest BCUT2D eigenvalue weighted by molar-refractivity contribution is 6.39. The van der Waals surface area contributed by atoms with Gasteiger partial charge in [-0.2, -0.15) is 10.1 Å². The van der Waals surface area contributed by atoms with E-state index < -0.39 is 56.9 Å². The molecule has 0 aliphatic carbocycles. The number of hydrogen-bond acceptors (Lipinski definition) is 20. The van der Waals surface area contributed by atoms with E-state index in [1.165, 1.54) is 36.5 Å². The average molecular weight is 1580 g/mol. The summed E-state index contributed by atoms with van der Waals surface area (Å²) in [5, 5.41) is 43.1. The number of piperidine rings is 2. The van der Waals surface area contributed by atoms with Crippen molar-refractivity contribution in [2.24, 2.45) is 21.7 Å². The fourth-order valence-electron chi connectivity index (χ4n) is 12.5. The van der Waals surface area contributed by atoms with E-state index in [1.54, 1.807) is 105 Å². The average Bonchev–Trinajstić information content (AvgIpc) is 0.781. The normalized spacial score (nSPS) is 16.2.